The van der Waals surface area contributed by atoms with Crippen LogP contribution in [-0.4, -0.2) is 25.2 Å². The Bertz CT molecular complexity index is 391. The molecule has 16 heavy (non-hydrogen) atoms. The molecule has 2 nitrogen and oxygen atoms in total. The van der Waals surface area contributed by atoms with Crippen LogP contribution in [0.5, 0.6) is 0 Å². The zero-order valence-electron chi connectivity index (χ0n) is 9.56. The van der Waals surface area contributed by atoms with Gasteiger partial charge in [0.2, 0.25) is 0 Å². The second-order valence-corrected chi connectivity index (χ2v) is 5.65. The Morgan fingerprint density at radius 1 is 1.25 bits per heavy atom. The van der Waals surface area contributed by atoms with Crippen molar-refractivity contribution in [2.24, 2.45) is 0 Å². The third-order valence-electron chi connectivity index (χ3n) is 2.84. The lowest BCUT2D eigenvalue weighted by atomic mass is 10.0. The van der Waals surface area contributed by atoms with Crippen molar-refractivity contribution in [3.63, 3.8) is 0 Å². The minimum absolute atomic E-state index is 0.143. The van der Waals surface area contributed by atoms with E-state index >= 15 is 0 Å². The van der Waals surface area contributed by atoms with E-state index in [2.05, 4.69) is 24.1 Å². The third-order valence-corrected chi connectivity index (χ3v) is 3.58. The summed E-state index contributed by atoms with van der Waals surface area (Å²) in [6, 6.07) is 5.81. The maximum absolute atomic E-state index is 6.03. The van der Waals surface area contributed by atoms with Crippen LogP contribution < -0.4 is 10.2 Å². The van der Waals surface area contributed by atoms with E-state index in [1.54, 1.807) is 0 Å². The Kier molecular flexibility index (Phi) is 3.34. The summed E-state index contributed by atoms with van der Waals surface area (Å²) in [5.41, 5.74) is 1.29. The molecule has 1 aromatic carbocycles. The number of anilines is 1. The first-order valence-corrected chi connectivity index (χ1v) is 6.19. The Labute approximate surface area is 107 Å². The second kappa shape index (κ2) is 4.44. The second-order valence-electron chi connectivity index (χ2n) is 4.83. The van der Waals surface area contributed by atoms with Crippen molar-refractivity contribution < 1.29 is 0 Å². The Morgan fingerprint density at radius 3 is 2.62 bits per heavy atom. The number of halogens is 2. The lowest BCUT2D eigenvalue weighted by Gasteiger charge is -2.40. The lowest BCUT2D eigenvalue weighted by molar-refractivity contribution is 0.353. The first kappa shape index (κ1) is 12.0. The van der Waals surface area contributed by atoms with Gasteiger partial charge in [0.1, 0.15) is 0 Å². The number of nitrogens with zero attached hydrogens (tertiary/aromatic N) is 1. The quantitative estimate of drug-likeness (QED) is 0.833. The number of hydrogen-bond donors (Lipinski definition) is 1. The van der Waals surface area contributed by atoms with Crippen LogP contribution in [0.15, 0.2) is 18.2 Å². The smallest absolute Gasteiger partial charge is 0.0612 e. The molecule has 0 saturated carbocycles. The van der Waals surface area contributed by atoms with Gasteiger partial charge in [0.25, 0.3) is 0 Å². The monoisotopic (exact) mass is 258 g/mol. The molecule has 1 N–H and O–H groups in total. The van der Waals surface area contributed by atoms with Gasteiger partial charge in [0, 0.05) is 30.9 Å². The van der Waals surface area contributed by atoms with Crippen molar-refractivity contribution in [1.29, 1.82) is 0 Å². The van der Waals surface area contributed by atoms with Gasteiger partial charge in [-0.2, -0.15) is 0 Å². The molecular formula is C12H16Cl2N2. The van der Waals surface area contributed by atoms with E-state index < -0.39 is 0 Å². The van der Waals surface area contributed by atoms with Gasteiger partial charge in [0.05, 0.1) is 10.0 Å². The van der Waals surface area contributed by atoms with Crippen LogP contribution >= 0.6 is 23.2 Å². The minimum atomic E-state index is 0.143. The average Bonchev–Trinajstić information content (AvgIpc) is 2.20. The summed E-state index contributed by atoms with van der Waals surface area (Å²) < 4.78 is 0. The Balaban J connectivity index is 2.20. The molecule has 1 aromatic rings. The molecule has 0 aromatic heterocycles. The summed E-state index contributed by atoms with van der Waals surface area (Å²) in [4.78, 5) is 2.33. The molecule has 2 rings (SSSR count). The van der Waals surface area contributed by atoms with Crippen LogP contribution in [0.25, 0.3) is 0 Å². The predicted molar refractivity (Wildman–Crippen MR) is 70.8 cm³/mol. The van der Waals surface area contributed by atoms with Gasteiger partial charge in [-0.15, -0.1) is 0 Å². The van der Waals surface area contributed by atoms with Crippen molar-refractivity contribution in [3.05, 3.63) is 28.2 Å². The van der Waals surface area contributed by atoms with Crippen LogP contribution in [0.1, 0.15) is 13.8 Å². The van der Waals surface area contributed by atoms with E-state index in [-0.39, 0.29) is 5.54 Å². The molecule has 0 amide bonds. The number of nitrogens with one attached hydrogen (secondary N) is 1. The number of hydrogen-bond acceptors (Lipinski definition) is 2. The highest BCUT2D eigenvalue weighted by atomic mass is 35.5. The van der Waals surface area contributed by atoms with E-state index in [1.165, 1.54) is 0 Å². The topological polar surface area (TPSA) is 15.3 Å². The van der Waals surface area contributed by atoms with Crippen molar-refractivity contribution in [3.8, 4) is 0 Å². The van der Waals surface area contributed by atoms with E-state index in [4.69, 9.17) is 23.2 Å². The predicted octanol–water partition coefficient (Wildman–Crippen LogP) is 3.18. The van der Waals surface area contributed by atoms with Crippen LogP contribution in [0.2, 0.25) is 10.0 Å². The molecule has 0 spiro atoms. The highest BCUT2D eigenvalue weighted by Gasteiger charge is 2.25. The summed E-state index contributed by atoms with van der Waals surface area (Å²) in [6.07, 6.45) is 0. The normalized spacial score (nSPS) is 19.9. The van der Waals surface area contributed by atoms with Crippen molar-refractivity contribution >= 4 is 28.9 Å². The van der Waals surface area contributed by atoms with Gasteiger partial charge in [-0.25, -0.2) is 0 Å². The standard InChI is InChI=1S/C12H16Cl2N2/c1-12(2)8-16(6-5-15-12)9-3-4-10(13)11(14)7-9/h3-4,7,15H,5-6,8H2,1-2H3. The molecule has 1 saturated heterocycles. The highest BCUT2D eigenvalue weighted by Crippen LogP contribution is 2.28. The summed E-state index contributed by atoms with van der Waals surface area (Å²) in [5, 5.41) is 4.72. The Morgan fingerprint density at radius 2 is 2.00 bits per heavy atom. The molecule has 0 bridgehead atoms. The molecule has 88 valence electrons. The molecule has 0 unspecified atom stereocenters. The molecule has 1 aliphatic heterocycles. The molecule has 4 heteroatoms. The average molecular weight is 259 g/mol. The van der Waals surface area contributed by atoms with E-state index in [0.717, 1.165) is 25.3 Å². The molecular weight excluding hydrogens is 243 g/mol. The number of benzene rings is 1. The molecule has 0 radical (unpaired) electrons. The number of rotatable bonds is 1. The summed E-state index contributed by atoms with van der Waals surface area (Å²) >= 11 is 11.9. The fraction of sp³-hybridized carbons (Fsp3) is 0.500. The van der Waals surface area contributed by atoms with Gasteiger partial charge in [0.15, 0.2) is 0 Å². The lowest BCUT2D eigenvalue weighted by Crippen LogP contribution is -2.57. The zero-order chi connectivity index (χ0) is 11.8. The van der Waals surface area contributed by atoms with Crippen molar-refractivity contribution in [1.82, 2.24) is 5.32 Å². The summed E-state index contributed by atoms with van der Waals surface area (Å²) in [5.74, 6) is 0. The van der Waals surface area contributed by atoms with Gasteiger partial charge in [-0.3, -0.25) is 0 Å². The van der Waals surface area contributed by atoms with Gasteiger partial charge in [-0.1, -0.05) is 23.2 Å². The van der Waals surface area contributed by atoms with E-state index in [9.17, 15) is 0 Å². The van der Waals surface area contributed by atoms with E-state index in [0.29, 0.717) is 10.0 Å². The molecule has 1 aliphatic rings. The SMILES string of the molecule is CC1(C)CN(c2ccc(Cl)c(Cl)c2)CCN1. The van der Waals surface area contributed by atoms with Gasteiger partial charge >= 0.3 is 0 Å². The van der Waals surface area contributed by atoms with Crippen LogP contribution in [0.4, 0.5) is 5.69 Å². The summed E-state index contributed by atoms with van der Waals surface area (Å²) in [6.45, 7) is 7.38. The molecule has 0 atom stereocenters. The zero-order valence-corrected chi connectivity index (χ0v) is 11.1. The van der Waals surface area contributed by atoms with Crippen LogP contribution in [0, 0.1) is 0 Å². The van der Waals surface area contributed by atoms with Gasteiger partial charge < -0.3 is 10.2 Å². The maximum atomic E-state index is 6.03. The van der Waals surface area contributed by atoms with Crippen LogP contribution in [0.3, 0.4) is 0 Å². The van der Waals surface area contributed by atoms with Crippen molar-refractivity contribution in [2.45, 2.75) is 19.4 Å². The fourth-order valence-corrected chi connectivity index (χ4v) is 2.34. The molecule has 0 aliphatic carbocycles. The number of piperazine rings is 1. The Hall–Kier alpha value is -0.440. The largest absolute Gasteiger partial charge is 0.368 e. The summed E-state index contributed by atoms with van der Waals surface area (Å²) in [7, 11) is 0. The van der Waals surface area contributed by atoms with Crippen LogP contribution in [-0.2, 0) is 0 Å². The third kappa shape index (κ3) is 2.62. The molecule has 1 fully saturated rings. The first-order chi connectivity index (χ1) is 7.48. The molecule has 1 heterocycles. The minimum Gasteiger partial charge on any atom is -0.368 e. The highest BCUT2D eigenvalue weighted by molar-refractivity contribution is 6.42. The fourth-order valence-electron chi connectivity index (χ4n) is 2.04. The van der Waals surface area contributed by atoms with E-state index in [1.807, 2.05) is 18.2 Å². The first-order valence-electron chi connectivity index (χ1n) is 5.43. The maximum Gasteiger partial charge on any atom is 0.0612 e. The van der Waals surface area contributed by atoms with Crippen molar-refractivity contribution in [2.75, 3.05) is 24.5 Å². The van der Waals surface area contributed by atoms with Gasteiger partial charge in [-0.05, 0) is 32.0 Å².